The first-order chi connectivity index (χ1) is 3.68. The molecule has 8 heavy (non-hydrogen) atoms. The summed E-state index contributed by atoms with van der Waals surface area (Å²) in [4.78, 5) is 10.0. The second-order valence-corrected chi connectivity index (χ2v) is 2.28. The Morgan fingerprint density at radius 3 is 2.62 bits per heavy atom. The normalized spacial score (nSPS) is 13.2. The van der Waals surface area contributed by atoms with Crippen LogP contribution in [0.4, 0.5) is 0 Å². The van der Waals surface area contributed by atoms with Gasteiger partial charge in [-0.2, -0.15) is 11.8 Å². The zero-order valence-corrected chi connectivity index (χ0v) is 5.44. The Bertz CT molecular complexity index is 86.1. The summed E-state index contributed by atoms with van der Waals surface area (Å²) >= 11 is 1.39. The fourth-order valence-corrected chi connectivity index (χ4v) is 0.720. The van der Waals surface area contributed by atoms with Gasteiger partial charge in [0.05, 0.1) is 0 Å². The quantitative estimate of drug-likeness (QED) is 0.532. The van der Waals surface area contributed by atoms with Gasteiger partial charge in [-0.25, -0.2) is 0 Å². The summed E-state index contributed by atoms with van der Waals surface area (Å²) in [6.45, 7) is 0. The van der Waals surface area contributed by atoms with Crippen LogP contribution in [0.1, 0.15) is 0 Å². The van der Waals surface area contributed by atoms with Crippen LogP contribution in [0.3, 0.4) is 0 Å². The number of thioether (sulfide) groups is 1. The fraction of sp³-hybridized carbons (Fsp3) is 0.750. The average molecular weight is 135 g/mol. The van der Waals surface area contributed by atoms with Crippen molar-refractivity contribution in [2.24, 2.45) is 5.73 Å². The maximum Gasteiger partial charge on any atom is 0.247 e. The Morgan fingerprint density at radius 1 is 2.00 bits per heavy atom. The Morgan fingerprint density at radius 2 is 2.50 bits per heavy atom. The standard InChI is InChI=1S/C4H9NO2S/c1-8-2-3(6)4(5)7/h3,6H,2H2,1H3,(H2,5,7). The summed E-state index contributed by atoms with van der Waals surface area (Å²) in [6.07, 6.45) is 0.816. The molecule has 3 N–H and O–H groups in total. The Kier molecular flexibility index (Phi) is 3.64. The first-order valence-electron chi connectivity index (χ1n) is 2.14. The third-order valence-corrected chi connectivity index (χ3v) is 1.30. The monoisotopic (exact) mass is 135 g/mol. The van der Waals surface area contributed by atoms with Crippen LogP contribution in [0.25, 0.3) is 0 Å². The second-order valence-electron chi connectivity index (χ2n) is 1.37. The lowest BCUT2D eigenvalue weighted by Crippen LogP contribution is -2.29. The molecular formula is C4H9NO2S. The zero-order chi connectivity index (χ0) is 6.57. The molecule has 4 heteroatoms. The predicted octanol–water partition coefficient (Wildman–Crippen LogP) is -0.804. The maximum atomic E-state index is 10.0. The smallest absolute Gasteiger partial charge is 0.247 e. The highest BCUT2D eigenvalue weighted by Gasteiger charge is 2.07. The second kappa shape index (κ2) is 3.74. The minimum absolute atomic E-state index is 0.384. The van der Waals surface area contributed by atoms with Gasteiger partial charge in [0.1, 0.15) is 6.10 Å². The number of hydrogen-bond donors (Lipinski definition) is 2. The first-order valence-corrected chi connectivity index (χ1v) is 3.54. The van der Waals surface area contributed by atoms with Gasteiger partial charge in [0.15, 0.2) is 0 Å². The zero-order valence-electron chi connectivity index (χ0n) is 4.63. The predicted molar refractivity (Wildman–Crippen MR) is 33.6 cm³/mol. The van der Waals surface area contributed by atoms with E-state index in [4.69, 9.17) is 10.8 Å². The first kappa shape index (κ1) is 7.78. The van der Waals surface area contributed by atoms with Gasteiger partial charge in [-0.1, -0.05) is 0 Å². The van der Waals surface area contributed by atoms with Gasteiger partial charge in [-0.05, 0) is 6.26 Å². The number of aliphatic hydroxyl groups is 1. The summed E-state index contributed by atoms with van der Waals surface area (Å²) < 4.78 is 0. The van der Waals surface area contributed by atoms with Crippen LogP contribution in [0, 0.1) is 0 Å². The molecule has 0 aromatic rings. The number of rotatable bonds is 3. The molecule has 1 unspecified atom stereocenters. The Balaban J connectivity index is 3.32. The molecule has 0 aromatic heterocycles. The minimum atomic E-state index is -0.981. The van der Waals surface area contributed by atoms with Gasteiger partial charge in [-0.3, -0.25) is 4.79 Å². The van der Waals surface area contributed by atoms with Crippen molar-refractivity contribution in [1.82, 2.24) is 0 Å². The third kappa shape index (κ3) is 2.87. The highest BCUT2D eigenvalue weighted by Crippen LogP contribution is 1.94. The van der Waals surface area contributed by atoms with Gasteiger partial charge in [-0.15, -0.1) is 0 Å². The van der Waals surface area contributed by atoms with Crippen molar-refractivity contribution in [1.29, 1.82) is 0 Å². The maximum absolute atomic E-state index is 10.0. The van der Waals surface area contributed by atoms with E-state index < -0.39 is 12.0 Å². The Labute approximate surface area is 52.3 Å². The molecule has 0 fully saturated rings. The van der Waals surface area contributed by atoms with Crippen molar-refractivity contribution >= 4 is 17.7 Å². The molecule has 0 heterocycles. The molecule has 1 atom stereocenters. The van der Waals surface area contributed by atoms with E-state index in [0.29, 0.717) is 5.75 Å². The highest BCUT2D eigenvalue weighted by atomic mass is 32.2. The van der Waals surface area contributed by atoms with Crippen molar-refractivity contribution in [2.75, 3.05) is 12.0 Å². The summed E-state index contributed by atoms with van der Waals surface area (Å²) in [5.41, 5.74) is 4.72. The van der Waals surface area contributed by atoms with Crippen LogP contribution in [-0.4, -0.2) is 29.1 Å². The Hall–Kier alpha value is -0.220. The molecule has 0 aliphatic heterocycles. The number of primary amides is 1. The topological polar surface area (TPSA) is 63.3 Å². The van der Waals surface area contributed by atoms with Gasteiger partial charge >= 0.3 is 0 Å². The summed E-state index contributed by atoms with van der Waals surface area (Å²) in [5, 5.41) is 8.63. The lowest BCUT2D eigenvalue weighted by molar-refractivity contribution is -0.124. The molecule has 0 radical (unpaired) electrons. The number of amides is 1. The molecule has 0 saturated heterocycles. The minimum Gasteiger partial charge on any atom is -0.382 e. The molecule has 3 nitrogen and oxygen atoms in total. The number of aliphatic hydroxyl groups excluding tert-OH is 1. The van der Waals surface area contributed by atoms with Crippen LogP contribution in [0.2, 0.25) is 0 Å². The summed E-state index contributed by atoms with van der Waals surface area (Å²) in [5.74, 6) is -0.269. The van der Waals surface area contributed by atoms with E-state index in [9.17, 15) is 4.79 Å². The number of nitrogens with two attached hydrogens (primary N) is 1. The summed E-state index contributed by atoms with van der Waals surface area (Å²) in [6, 6.07) is 0. The summed E-state index contributed by atoms with van der Waals surface area (Å²) in [7, 11) is 0. The molecule has 0 aromatic carbocycles. The van der Waals surface area contributed by atoms with Crippen LogP contribution >= 0.6 is 11.8 Å². The van der Waals surface area contributed by atoms with Gasteiger partial charge in [0, 0.05) is 5.75 Å². The molecular weight excluding hydrogens is 126 g/mol. The molecule has 0 aliphatic rings. The van der Waals surface area contributed by atoms with E-state index in [1.807, 2.05) is 0 Å². The van der Waals surface area contributed by atoms with E-state index >= 15 is 0 Å². The fourth-order valence-electron chi connectivity index (χ4n) is 0.240. The van der Waals surface area contributed by atoms with Crippen molar-refractivity contribution in [2.45, 2.75) is 6.10 Å². The van der Waals surface area contributed by atoms with E-state index in [-0.39, 0.29) is 0 Å². The molecule has 0 spiro atoms. The van der Waals surface area contributed by atoms with E-state index in [0.717, 1.165) is 0 Å². The lowest BCUT2D eigenvalue weighted by atomic mass is 10.4. The number of carbonyl (C=O) groups is 1. The number of carbonyl (C=O) groups excluding carboxylic acids is 1. The van der Waals surface area contributed by atoms with Crippen molar-refractivity contribution in [3.8, 4) is 0 Å². The average Bonchev–Trinajstić information content (AvgIpc) is 1.67. The van der Waals surface area contributed by atoms with Crippen LogP contribution in [0.5, 0.6) is 0 Å². The van der Waals surface area contributed by atoms with E-state index in [1.54, 1.807) is 6.26 Å². The van der Waals surface area contributed by atoms with Gasteiger partial charge in [0.25, 0.3) is 0 Å². The number of hydrogen-bond acceptors (Lipinski definition) is 3. The molecule has 0 rings (SSSR count). The highest BCUT2D eigenvalue weighted by molar-refractivity contribution is 7.98. The largest absolute Gasteiger partial charge is 0.382 e. The van der Waals surface area contributed by atoms with Crippen molar-refractivity contribution < 1.29 is 9.90 Å². The molecule has 0 saturated carbocycles. The molecule has 48 valence electrons. The third-order valence-electron chi connectivity index (χ3n) is 0.653. The van der Waals surface area contributed by atoms with E-state index in [2.05, 4.69) is 0 Å². The van der Waals surface area contributed by atoms with Crippen LogP contribution in [-0.2, 0) is 4.79 Å². The van der Waals surface area contributed by atoms with Crippen molar-refractivity contribution in [3.63, 3.8) is 0 Å². The van der Waals surface area contributed by atoms with E-state index in [1.165, 1.54) is 11.8 Å². The van der Waals surface area contributed by atoms with Crippen molar-refractivity contribution in [3.05, 3.63) is 0 Å². The van der Waals surface area contributed by atoms with Crippen LogP contribution in [0.15, 0.2) is 0 Å². The van der Waals surface area contributed by atoms with Gasteiger partial charge < -0.3 is 10.8 Å². The van der Waals surface area contributed by atoms with Crippen LogP contribution < -0.4 is 5.73 Å². The van der Waals surface area contributed by atoms with Gasteiger partial charge in [0.2, 0.25) is 5.91 Å². The molecule has 0 bridgehead atoms. The lowest BCUT2D eigenvalue weighted by Gasteiger charge is -2.00. The molecule has 1 amide bonds. The SMILES string of the molecule is CSCC(O)C(N)=O. The molecule has 0 aliphatic carbocycles.